The van der Waals surface area contributed by atoms with Crippen LogP contribution in [0.5, 0.6) is 0 Å². The number of carboxylic acids is 1. The highest BCUT2D eigenvalue weighted by molar-refractivity contribution is 5.94. The molecule has 3 rings (SSSR count). The maximum Gasteiger partial charge on any atom is 0.320 e. The lowest BCUT2D eigenvalue weighted by atomic mass is 9.87. The Labute approximate surface area is 202 Å². The van der Waals surface area contributed by atoms with E-state index in [-0.39, 0.29) is 18.2 Å². The van der Waals surface area contributed by atoms with Crippen molar-refractivity contribution >= 4 is 11.9 Å². The summed E-state index contributed by atoms with van der Waals surface area (Å²) >= 11 is 0. The van der Waals surface area contributed by atoms with Crippen LogP contribution in [0.2, 0.25) is 0 Å². The van der Waals surface area contributed by atoms with Gasteiger partial charge in [0.05, 0.1) is 0 Å². The molecule has 5 heteroatoms. The Morgan fingerprint density at radius 1 is 0.912 bits per heavy atom. The van der Waals surface area contributed by atoms with Gasteiger partial charge in [0.15, 0.2) is 0 Å². The lowest BCUT2D eigenvalue weighted by Crippen LogP contribution is -2.32. The predicted octanol–water partition coefficient (Wildman–Crippen LogP) is 5.04. The molecule has 0 heterocycles. The fraction of sp³-hybridized carbons (Fsp3) is 0.310. The third-order valence-corrected chi connectivity index (χ3v) is 6.28. The van der Waals surface area contributed by atoms with E-state index in [2.05, 4.69) is 74.6 Å². The molecule has 2 atom stereocenters. The molecule has 178 valence electrons. The first-order valence-electron chi connectivity index (χ1n) is 11.8. The number of amides is 1. The van der Waals surface area contributed by atoms with E-state index < -0.39 is 12.0 Å². The van der Waals surface area contributed by atoms with Crippen LogP contribution in [0.4, 0.5) is 0 Å². The Hall–Kier alpha value is -3.44. The van der Waals surface area contributed by atoms with Crippen LogP contribution in [0.25, 0.3) is 11.1 Å². The molecule has 34 heavy (non-hydrogen) atoms. The summed E-state index contributed by atoms with van der Waals surface area (Å²) in [4.78, 5) is 23.6. The summed E-state index contributed by atoms with van der Waals surface area (Å²) < 4.78 is 0. The van der Waals surface area contributed by atoms with E-state index in [1.807, 2.05) is 0 Å². The summed E-state index contributed by atoms with van der Waals surface area (Å²) in [7, 11) is 0. The van der Waals surface area contributed by atoms with E-state index in [0.29, 0.717) is 18.0 Å². The Morgan fingerprint density at radius 2 is 1.59 bits per heavy atom. The van der Waals surface area contributed by atoms with Crippen LogP contribution in [0.3, 0.4) is 0 Å². The van der Waals surface area contributed by atoms with Gasteiger partial charge in [-0.25, -0.2) is 0 Å². The van der Waals surface area contributed by atoms with Crippen molar-refractivity contribution in [3.63, 3.8) is 0 Å². The number of nitrogens with two attached hydrogens (primary N) is 1. The molecule has 0 fully saturated rings. The van der Waals surface area contributed by atoms with E-state index >= 15 is 0 Å². The highest BCUT2D eigenvalue weighted by atomic mass is 16.4. The Kier molecular flexibility index (Phi) is 8.61. The summed E-state index contributed by atoms with van der Waals surface area (Å²) in [6, 6.07) is 23.2. The first-order valence-corrected chi connectivity index (χ1v) is 11.8. The van der Waals surface area contributed by atoms with Gasteiger partial charge in [-0.15, -0.1) is 0 Å². The summed E-state index contributed by atoms with van der Waals surface area (Å²) in [5.74, 6) is -0.640. The Balaban J connectivity index is 1.65. The van der Waals surface area contributed by atoms with Gasteiger partial charge in [-0.3, -0.25) is 9.59 Å². The fourth-order valence-corrected chi connectivity index (χ4v) is 4.07. The Morgan fingerprint density at radius 3 is 2.18 bits per heavy atom. The molecular formula is C29H34N2O3. The fourth-order valence-electron chi connectivity index (χ4n) is 4.07. The summed E-state index contributed by atoms with van der Waals surface area (Å²) in [5.41, 5.74) is 11.8. The van der Waals surface area contributed by atoms with Crippen molar-refractivity contribution in [2.45, 2.75) is 45.6 Å². The van der Waals surface area contributed by atoms with Crippen molar-refractivity contribution in [2.24, 2.45) is 11.7 Å². The number of hydrogen-bond donors (Lipinski definition) is 3. The molecule has 0 bridgehead atoms. The molecule has 1 unspecified atom stereocenters. The summed E-state index contributed by atoms with van der Waals surface area (Å²) in [6.07, 6.45) is 1.24. The van der Waals surface area contributed by atoms with Crippen LogP contribution in [-0.2, 0) is 17.6 Å². The molecule has 3 aromatic rings. The van der Waals surface area contributed by atoms with E-state index in [4.69, 9.17) is 10.8 Å². The van der Waals surface area contributed by atoms with Crippen LogP contribution >= 0.6 is 0 Å². The van der Waals surface area contributed by atoms with Gasteiger partial charge >= 0.3 is 5.97 Å². The largest absolute Gasteiger partial charge is 0.480 e. The number of carbonyl (C=O) groups is 2. The van der Waals surface area contributed by atoms with Crippen LogP contribution in [0.1, 0.15) is 53.7 Å². The summed E-state index contributed by atoms with van der Waals surface area (Å²) in [5, 5.41) is 12.0. The molecule has 0 aliphatic heterocycles. The number of carbonyl (C=O) groups excluding carboxylic acids is 1. The molecule has 0 aliphatic rings. The second kappa shape index (κ2) is 11.6. The first kappa shape index (κ1) is 25.2. The molecular weight excluding hydrogens is 424 g/mol. The van der Waals surface area contributed by atoms with E-state index in [9.17, 15) is 9.59 Å². The molecule has 0 radical (unpaired) electrons. The van der Waals surface area contributed by atoms with Gasteiger partial charge in [-0.1, -0.05) is 81.4 Å². The molecule has 0 saturated heterocycles. The number of rotatable bonds is 10. The van der Waals surface area contributed by atoms with Gasteiger partial charge in [0, 0.05) is 18.0 Å². The molecule has 4 N–H and O–H groups in total. The average Bonchev–Trinajstić information content (AvgIpc) is 2.84. The van der Waals surface area contributed by atoms with Crippen molar-refractivity contribution in [3.8, 4) is 11.1 Å². The monoisotopic (exact) mass is 458 g/mol. The van der Waals surface area contributed by atoms with Gasteiger partial charge in [0.1, 0.15) is 6.04 Å². The molecule has 1 amide bonds. The maximum absolute atomic E-state index is 12.7. The third-order valence-electron chi connectivity index (χ3n) is 6.28. The normalized spacial score (nSPS) is 12.9. The minimum atomic E-state index is -1.04. The number of aryl methyl sites for hydroxylation is 1. The minimum absolute atomic E-state index is 0.146. The van der Waals surface area contributed by atoms with Crippen molar-refractivity contribution in [1.82, 2.24) is 5.32 Å². The number of nitrogens with one attached hydrogen (secondary N) is 1. The smallest absolute Gasteiger partial charge is 0.320 e. The number of benzene rings is 3. The lowest BCUT2D eigenvalue weighted by molar-refractivity contribution is -0.138. The van der Waals surface area contributed by atoms with Gasteiger partial charge < -0.3 is 16.2 Å². The van der Waals surface area contributed by atoms with Crippen LogP contribution in [0, 0.1) is 5.92 Å². The molecule has 0 aliphatic carbocycles. The predicted molar refractivity (Wildman–Crippen MR) is 137 cm³/mol. The highest BCUT2D eigenvalue weighted by Crippen LogP contribution is 2.27. The van der Waals surface area contributed by atoms with Gasteiger partial charge in [0.2, 0.25) is 0 Å². The van der Waals surface area contributed by atoms with Gasteiger partial charge in [-0.2, -0.15) is 0 Å². The highest BCUT2D eigenvalue weighted by Gasteiger charge is 2.18. The molecule has 3 aromatic carbocycles. The lowest BCUT2D eigenvalue weighted by Gasteiger charge is -2.22. The van der Waals surface area contributed by atoms with Crippen LogP contribution in [-0.4, -0.2) is 29.6 Å². The average molecular weight is 459 g/mol. The van der Waals surface area contributed by atoms with E-state index in [1.165, 1.54) is 22.3 Å². The van der Waals surface area contributed by atoms with Crippen LogP contribution < -0.4 is 11.1 Å². The molecule has 0 spiro atoms. The molecule has 0 saturated carbocycles. The van der Waals surface area contributed by atoms with Gasteiger partial charge in [-0.05, 0) is 58.7 Å². The number of aliphatic carboxylic acids is 1. The van der Waals surface area contributed by atoms with E-state index in [0.717, 1.165) is 12.0 Å². The quantitative estimate of drug-likeness (QED) is 0.397. The molecule has 5 nitrogen and oxygen atoms in total. The second-order valence-corrected chi connectivity index (χ2v) is 9.08. The zero-order valence-corrected chi connectivity index (χ0v) is 20.1. The topological polar surface area (TPSA) is 92.4 Å². The number of carboxylic acid groups (broad SMARTS) is 1. The summed E-state index contributed by atoms with van der Waals surface area (Å²) in [6.45, 7) is 7.02. The zero-order valence-electron chi connectivity index (χ0n) is 20.1. The van der Waals surface area contributed by atoms with Crippen molar-refractivity contribution in [3.05, 3.63) is 95.1 Å². The van der Waals surface area contributed by atoms with Crippen molar-refractivity contribution in [1.29, 1.82) is 0 Å². The van der Waals surface area contributed by atoms with Crippen molar-refractivity contribution in [2.75, 3.05) is 6.54 Å². The first-order chi connectivity index (χ1) is 16.3. The maximum atomic E-state index is 12.7. The van der Waals surface area contributed by atoms with Gasteiger partial charge in [0.25, 0.3) is 5.91 Å². The second-order valence-electron chi connectivity index (χ2n) is 9.08. The minimum Gasteiger partial charge on any atom is -0.480 e. The zero-order chi connectivity index (χ0) is 24.7. The SMILES string of the molecule is CCc1cccc(-c2ccc([C@H](CNC(=O)c3ccc(CC(N)C(=O)O)cc3)C(C)C)cc2)c1. The van der Waals surface area contributed by atoms with Crippen molar-refractivity contribution < 1.29 is 14.7 Å². The van der Waals surface area contributed by atoms with E-state index in [1.54, 1.807) is 24.3 Å². The molecule has 0 aromatic heterocycles. The standard InChI is InChI=1S/C29H34N2O3/c1-4-20-6-5-7-25(16-20)22-12-14-23(15-13-22)26(19(2)3)18-31-28(32)24-10-8-21(9-11-24)17-27(30)29(33)34/h5-16,19,26-27H,4,17-18,30H2,1-3H3,(H,31,32)(H,33,34)/t26-,27?/m1/s1. The Bertz CT molecular complexity index is 1100. The third kappa shape index (κ3) is 6.55. The number of hydrogen-bond acceptors (Lipinski definition) is 3. The van der Waals surface area contributed by atoms with Crippen LogP contribution in [0.15, 0.2) is 72.8 Å².